The first-order valence-electron chi connectivity index (χ1n) is 8.03. The van der Waals surface area contributed by atoms with Crippen LogP contribution in [0.3, 0.4) is 0 Å². The van der Waals surface area contributed by atoms with Crippen molar-refractivity contribution in [3.8, 4) is 11.1 Å². The molecule has 1 fully saturated rings. The fourth-order valence-corrected chi connectivity index (χ4v) is 2.98. The van der Waals surface area contributed by atoms with E-state index < -0.39 is 0 Å². The van der Waals surface area contributed by atoms with Gasteiger partial charge in [-0.2, -0.15) is 0 Å². The molecule has 0 aliphatic heterocycles. The number of benzene rings is 1. The van der Waals surface area contributed by atoms with E-state index in [0.717, 1.165) is 40.2 Å². The molecule has 0 atom stereocenters. The highest BCUT2D eigenvalue weighted by atomic mass is 15.2. The van der Waals surface area contributed by atoms with Crippen molar-refractivity contribution >= 4 is 22.4 Å². The highest BCUT2D eigenvalue weighted by Gasteiger charge is 2.23. The third-order valence-electron chi connectivity index (χ3n) is 4.49. The Bertz CT molecular complexity index is 841. The summed E-state index contributed by atoms with van der Waals surface area (Å²) in [5.41, 5.74) is 8.30. The van der Waals surface area contributed by atoms with Crippen LogP contribution in [0.4, 0.5) is 11.6 Å². The van der Waals surface area contributed by atoms with Gasteiger partial charge in [0.15, 0.2) is 0 Å². The van der Waals surface area contributed by atoms with E-state index in [9.17, 15) is 0 Å². The lowest BCUT2D eigenvalue weighted by Gasteiger charge is -2.19. The average Bonchev–Trinajstić information content (AvgIpc) is 3.39. The molecule has 0 spiro atoms. The second-order valence-corrected chi connectivity index (χ2v) is 6.34. The van der Waals surface area contributed by atoms with Crippen LogP contribution in [0.1, 0.15) is 12.8 Å². The average molecular weight is 304 g/mol. The van der Waals surface area contributed by atoms with Crippen LogP contribution in [0.15, 0.2) is 48.8 Å². The summed E-state index contributed by atoms with van der Waals surface area (Å²) in [4.78, 5) is 11.2. The fraction of sp³-hybridized carbons (Fsp3) is 0.263. The van der Waals surface area contributed by atoms with E-state index in [1.165, 1.54) is 12.8 Å². The van der Waals surface area contributed by atoms with Crippen LogP contribution in [0.25, 0.3) is 21.9 Å². The minimum absolute atomic E-state index is 0.531. The molecular formula is C19H20N4. The molecule has 1 aromatic carbocycles. The molecule has 3 aromatic rings. The van der Waals surface area contributed by atoms with Gasteiger partial charge in [0, 0.05) is 36.9 Å². The molecule has 23 heavy (non-hydrogen) atoms. The Morgan fingerprint density at radius 2 is 1.87 bits per heavy atom. The third kappa shape index (κ3) is 2.72. The van der Waals surface area contributed by atoms with Crippen LogP contribution < -0.4 is 10.6 Å². The molecule has 0 bridgehead atoms. The van der Waals surface area contributed by atoms with E-state index >= 15 is 0 Å². The van der Waals surface area contributed by atoms with E-state index in [1.807, 2.05) is 30.6 Å². The Balaban J connectivity index is 1.84. The van der Waals surface area contributed by atoms with Crippen molar-refractivity contribution in [2.24, 2.45) is 5.92 Å². The van der Waals surface area contributed by atoms with E-state index in [-0.39, 0.29) is 0 Å². The van der Waals surface area contributed by atoms with Gasteiger partial charge in [-0.25, -0.2) is 9.97 Å². The zero-order chi connectivity index (χ0) is 15.8. The molecule has 1 saturated carbocycles. The van der Waals surface area contributed by atoms with Gasteiger partial charge in [0.05, 0.1) is 0 Å². The maximum atomic E-state index is 6.06. The molecule has 2 aromatic heterocycles. The van der Waals surface area contributed by atoms with Crippen molar-refractivity contribution in [3.63, 3.8) is 0 Å². The van der Waals surface area contributed by atoms with Crippen LogP contribution in [-0.4, -0.2) is 23.6 Å². The monoisotopic (exact) mass is 304 g/mol. The number of pyridine rings is 2. The quantitative estimate of drug-likeness (QED) is 0.798. The number of hydrogen-bond acceptors (Lipinski definition) is 4. The van der Waals surface area contributed by atoms with Crippen molar-refractivity contribution < 1.29 is 0 Å². The third-order valence-corrected chi connectivity index (χ3v) is 4.49. The largest absolute Gasteiger partial charge is 0.383 e. The van der Waals surface area contributed by atoms with Gasteiger partial charge in [-0.1, -0.05) is 30.3 Å². The summed E-state index contributed by atoms with van der Waals surface area (Å²) < 4.78 is 0. The minimum atomic E-state index is 0.531. The normalized spacial score (nSPS) is 14.1. The Labute approximate surface area is 136 Å². The van der Waals surface area contributed by atoms with Gasteiger partial charge < -0.3 is 10.6 Å². The molecule has 2 N–H and O–H groups in total. The zero-order valence-corrected chi connectivity index (χ0v) is 13.2. The minimum Gasteiger partial charge on any atom is -0.383 e. The Morgan fingerprint density at radius 1 is 1.09 bits per heavy atom. The molecule has 4 rings (SSSR count). The Hall–Kier alpha value is -2.62. The molecule has 0 unspecified atom stereocenters. The van der Waals surface area contributed by atoms with Crippen molar-refractivity contribution in [1.82, 2.24) is 9.97 Å². The summed E-state index contributed by atoms with van der Waals surface area (Å²) in [6, 6.07) is 12.4. The molecular weight excluding hydrogens is 284 g/mol. The summed E-state index contributed by atoms with van der Waals surface area (Å²) in [5.74, 6) is 2.35. The molecule has 0 amide bonds. The van der Waals surface area contributed by atoms with E-state index in [1.54, 1.807) is 0 Å². The standard InChI is InChI=1S/C19H20N4/c1-23(12-13-7-8-13)18-9-15-16(14-5-3-2-4-6-14)10-22-19(20)17(15)11-21-18/h2-6,9-11,13H,7-8,12H2,1H3,(H2,20,22). The highest BCUT2D eigenvalue weighted by molar-refractivity contribution is 6.01. The van der Waals surface area contributed by atoms with Gasteiger partial charge in [0.25, 0.3) is 0 Å². The number of fused-ring (bicyclic) bond motifs is 1. The van der Waals surface area contributed by atoms with Crippen molar-refractivity contribution in [1.29, 1.82) is 0 Å². The molecule has 4 nitrogen and oxygen atoms in total. The van der Waals surface area contributed by atoms with E-state index in [2.05, 4.69) is 40.1 Å². The number of hydrogen-bond donors (Lipinski definition) is 1. The molecule has 2 heterocycles. The molecule has 1 aliphatic carbocycles. The van der Waals surface area contributed by atoms with Crippen LogP contribution in [-0.2, 0) is 0 Å². The van der Waals surface area contributed by atoms with Gasteiger partial charge in [0.2, 0.25) is 0 Å². The molecule has 1 aliphatic rings. The predicted octanol–water partition coefficient (Wildman–Crippen LogP) is 3.73. The highest BCUT2D eigenvalue weighted by Crippen LogP contribution is 2.34. The number of nitrogen functional groups attached to an aromatic ring is 1. The van der Waals surface area contributed by atoms with Crippen LogP contribution >= 0.6 is 0 Å². The number of nitrogens with zero attached hydrogens (tertiary/aromatic N) is 3. The topological polar surface area (TPSA) is 55.0 Å². The van der Waals surface area contributed by atoms with Crippen molar-refractivity contribution in [3.05, 3.63) is 48.8 Å². The predicted molar refractivity (Wildman–Crippen MR) is 95.4 cm³/mol. The fourth-order valence-electron chi connectivity index (χ4n) is 2.98. The summed E-state index contributed by atoms with van der Waals surface area (Å²) in [7, 11) is 2.11. The SMILES string of the molecule is CN(CC1CC1)c1cc2c(-c3ccccc3)cnc(N)c2cn1. The van der Waals surface area contributed by atoms with Gasteiger partial charge in [-0.15, -0.1) is 0 Å². The number of anilines is 2. The van der Waals surface area contributed by atoms with Crippen molar-refractivity contribution in [2.75, 3.05) is 24.2 Å². The van der Waals surface area contributed by atoms with Gasteiger partial charge in [0.1, 0.15) is 11.6 Å². The molecule has 0 saturated heterocycles. The number of aromatic nitrogens is 2. The summed E-state index contributed by atoms with van der Waals surface area (Å²) >= 11 is 0. The molecule has 116 valence electrons. The Kier molecular flexibility index (Phi) is 3.37. The van der Waals surface area contributed by atoms with Crippen LogP contribution in [0.5, 0.6) is 0 Å². The first kappa shape index (κ1) is 14.0. The summed E-state index contributed by atoms with van der Waals surface area (Å²) in [6.07, 6.45) is 6.38. The van der Waals surface area contributed by atoms with Crippen LogP contribution in [0.2, 0.25) is 0 Å². The summed E-state index contributed by atoms with van der Waals surface area (Å²) in [6.45, 7) is 1.07. The maximum absolute atomic E-state index is 6.06. The van der Waals surface area contributed by atoms with Crippen LogP contribution in [0, 0.1) is 5.92 Å². The second-order valence-electron chi connectivity index (χ2n) is 6.34. The molecule has 4 heteroatoms. The number of nitrogens with two attached hydrogens (primary N) is 1. The maximum Gasteiger partial charge on any atom is 0.132 e. The lowest BCUT2D eigenvalue weighted by molar-refractivity contribution is 0.778. The lowest BCUT2D eigenvalue weighted by atomic mass is 10.0. The smallest absolute Gasteiger partial charge is 0.132 e. The van der Waals surface area contributed by atoms with Gasteiger partial charge >= 0.3 is 0 Å². The summed E-state index contributed by atoms with van der Waals surface area (Å²) in [5, 5.41) is 2.02. The molecule has 0 radical (unpaired) electrons. The van der Waals surface area contributed by atoms with Gasteiger partial charge in [-0.05, 0) is 35.8 Å². The van der Waals surface area contributed by atoms with E-state index in [4.69, 9.17) is 5.73 Å². The zero-order valence-electron chi connectivity index (χ0n) is 13.2. The van der Waals surface area contributed by atoms with E-state index in [0.29, 0.717) is 5.82 Å². The first-order chi connectivity index (χ1) is 11.2. The first-order valence-corrected chi connectivity index (χ1v) is 8.03. The van der Waals surface area contributed by atoms with Gasteiger partial charge in [-0.3, -0.25) is 0 Å². The van der Waals surface area contributed by atoms with Crippen molar-refractivity contribution in [2.45, 2.75) is 12.8 Å². The second kappa shape index (κ2) is 5.54. The Morgan fingerprint density at radius 3 is 2.61 bits per heavy atom. The lowest BCUT2D eigenvalue weighted by Crippen LogP contribution is -2.20. The number of rotatable bonds is 4.